The third-order valence-electron chi connectivity index (χ3n) is 11.6. The van der Waals surface area contributed by atoms with E-state index in [0.29, 0.717) is 45.8 Å². The average Bonchev–Trinajstić information content (AvgIpc) is 3.28. The van der Waals surface area contributed by atoms with Gasteiger partial charge in [-0.05, 0) is 100 Å². The molecule has 8 rings (SSSR count). The lowest BCUT2D eigenvalue weighted by atomic mass is 9.88. The van der Waals surface area contributed by atoms with Gasteiger partial charge in [0.2, 0.25) is 12.0 Å². The molecule has 0 spiro atoms. The number of nitrogens with one attached hydrogen (secondary N) is 1. The highest BCUT2D eigenvalue weighted by Crippen LogP contribution is 2.43. The smallest absolute Gasteiger partial charge is 0.326 e. The first-order valence-corrected chi connectivity index (χ1v) is 21.2. The number of benzene rings is 6. The minimum Gasteiger partial charge on any atom is -0.489 e. The van der Waals surface area contributed by atoms with Crippen LogP contribution in [0.2, 0.25) is 10.0 Å². The molecule has 62 heavy (non-hydrogen) atoms. The van der Waals surface area contributed by atoms with Crippen molar-refractivity contribution in [3.8, 4) is 22.6 Å². The molecule has 2 aliphatic rings. The van der Waals surface area contributed by atoms with E-state index < -0.39 is 30.1 Å². The van der Waals surface area contributed by atoms with Gasteiger partial charge in [-0.25, -0.2) is 9.18 Å². The molecule has 2 amide bonds. The number of hydrogen-bond acceptors (Lipinski definition) is 6. The minimum atomic E-state index is -1.19. The van der Waals surface area contributed by atoms with Gasteiger partial charge < -0.3 is 24.8 Å². The molecule has 4 atom stereocenters. The molecule has 0 aromatic heterocycles. The second-order valence-electron chi connectivity index (χ2n) is 15.6. The molecule has 0 radical (unpaired) electrons. The molecule has 0 aliphatic carbocycles. The van der Waals surface area contributed by atoms with E-state index in [0.717, 1.165) is 38.9 Å². The van der Waals surface area contributed by atoms with Crippen LogP contribution in [-0.2, 0) is 40.4 Å². The summed E-state index contributed by atoms with van der Waals surface area (Å²) >= 11 is 12.2. The van der Waals surface area contributed by atoms with Crippen LogP contribution in [0, 0.1) is 5.82 Å². The summed E-state index contributed by atoms with van der Waals surface area (Å²) in [6.07, 6.45) is 0.149. The van der Waals surface area contributed by atoms with Gasteiger partial charge in [0, 0.05) is 31.6 Å². The first-order chi connectivity index (χ1) is 29.9. The Morgan fingerprint density at radius 3 is 2.19 bits per heavy atom. The van der Waals surface area contributed by atoms with Gasteiger partial charge in [0.1, 0.15) is 30.0 Å². The number of carboxylic acid groups (broad SMARTS) is 1. The Balaban J connectivity index is 1.02. The average molecular weight is 873 g/mol. The van der Waals surface area contributed by atoms with Crippen molar-refractivity contribution in [1.29, 1.82) is 0 Å². The summed E-state index contributed by atoms with van der Waals surface area (Å²) in [7, 11) is 1.71. The summed E-state index contributed by atoms with van der Waals surface area (Å²) in [5, 5.41) is 14.1. The molecule has 0 saturated heterocycles. The number of halogens is 3. The number of nitrogens with zero attached hydrogens (tertiary/aromatic N) is 2. The number of likely N-dealkylation sites (N-methyl/N-ethyl adjacent to an activating group) is 1. The van der Waals surface area contributed by atoms with Gasteiger partial charge in [0.15, 0.2) is 0 Å². The van der Waals surface area contributed by atoms with Gasteiger partial charge in [-0.3, -0.25) is 14.5 Å². The summed E-state index contributed by atoms with van der Waals surface area (Å²) in [4.78, 5) is 44.7. The van der Waals surface area contributed by atoms with Crippen molar-refractivity contribution in [3.63, 3.8) is 0 Å². The lowest BCUT2D eigenvalue weighted by Crippen LogP contribution is -2.55. The SMILES string of the molecule is CC[C@@H](c1ccccc1)N1Cc2cc3c(cc2C[C@H]1C(=O)NC(Cc1ccc(-c2ccc(F)cc2)cc1)C(=O)O)N(C)C(=O)[C@H](c1ccc(OCc2ccc(Cl)c(Cl)c2)cc1)O3. The monoisotopic (exact) mass is 871 g/mol. The number of amides is 2. The quantitative estimate of drug-likeness (QED) is 0.119. The van der Waals surface area contributed by atoms with E-state index in [1.165, 1.54) is 12.1 Å². The number of hydrogen-bond donors (Lipinski definition) is 2. The Hall–Kier alpha value is -6.20. The van der Waals surface area contributed by atoms with Crippen molar-refractivity contribution < 1.29 is 33.4 Å². The van der Waals surface area contributed by atoms with Crippen LogP contribution in [0.25, 0.3) is 11.1 Å². The molecule has 2 N–H and O–H groups in total. The lowest BCUT2D eigenvalue weighted by Gasteiger charge is -2.42. The van der Waals surface area contributed by atoms with Crippen molar-refractivity contribution in [2.75, 3.05) is 11.9 Å². The predicted molar refractivity (Wildman–Crippen MR) is 238 cm³/mol. The maximum atomic E-state index is 14.5. The van der Waals surface area contributed by atoms with Crippen LogP contribution in [0.5, 0.6) is 11.5 Å². The van der Waals surface area contributed by atoms with Gasteiger partial charge in [-0.1, -0.05) is 115 Å². The van der Waals surface area contributed by atoms with Crippen molar-refractivity contribution in [2.24, 2.45) is 0 Å². The molecule has 12 heteroatoms. The van der Waals surface area contributed by atoms with Gasteiger partial charge in [-0.15, -0.1) is 0 Å². The van der Waals surface area contributed by atoms with Crippen molar-refractivity contribution in [2.45, 2.75) is 63.6 Å². The number of carboxylic acids is 1. The molecule has 1 unspecified atom stereocenters. The Kier molecular flexibility index (Phi) is 12.6. The Morgan fingerprint density at radius 1 is 0.855 bits per heavy atom. The van der Waals surface area contributed by atoms with E-state index in [4.69, 9.17) is 32.7 Å². The van der Waals surface area contributed by atoms with E-state index in [2.05, 4.69) is 17.1 Å². The third kappa shape index (κ3) is 9.18. The fourth-order valence-electron chi connectivity index (χ4n) is 8.28. The number of rotatable bonds is 13. The summed E-state index contributed by atoms with van der Waals surface area (Å²) in [5.74, 6) is -0.969. The minimum absolute atomic E-state index is 0.0668. The van der Waals surface area contributed by atoms with Gasteiger partial charge in [0.25, 0.3) is 5.91 Å². The van der Waals surface area contributed by atoms with E-state index in [1.54, 1.807) is 48.3 Å². The molecule has 0 bridgehead atoms. The van der Waals surface area contributed by atoms with Crippen LogP contribution in [0.3, 0.4) is 0 Å². The molecule has 316 valence electrons. The Labute approximate surface area is 369 Å². The van der Waals surface area contributed by atoms with Crippen LogP contribution in [0.1, 0.15) is 58.9 Å². The summed E-state index contributed by atoms with van der Waals surface area (Å²) in [5.41, 5.74) is 7.40. The number of anilines is 1. The maximum Gasteiger partial charge on any atom is 0.326 e. The first kappa shape index (κ1) is 42.5. The highest BCUT2D eigenvalue weighted by Gasteiger charge is 2.40. The zero-order valence-electron chi connectivity index (χ0n) is 34.1. The Bertz CT molecular complexity index is 2590. The normalized spacial score (nSPS) is 17.0. The molecule has 0 saturated carbocycles. The van der Waals surface area contributed by atoms with Gasteiger partial charge >= 0.3 is 5.97 Å². The summed E-state index contributed by atoms with van der Waals surface area (Å²) in [6.45, 7) is 2.74. The van der Waals surface area contributed by atoms with Crippen molar-refractivity contribution >= 4 is 46.7 Å². The third-order valence-corrected chi connectivity index (χ3v) is 12.4. The fourth-order valence-corrected chi connectivity index (χ4v) is 8.61. The van der Waals surface area contributed by atoms with Crippen LogP contribution in [0.15, 0.2) is 133 Å². The van der Waals surface area contributed by atoms with Crippen molar-refractivity contribution in [1.82, 2.24) is 10.2 Å². The van der Waals surface area contributed by atoms with Crippen molar-refractivity contribution in [3.05, 3.63) is 183 Å². The fraction of sp³-hybridized carbons (Fsp3) is 0.220. The predicted octanol–water partition coefficient (Wildman–Crippen LogP) is 10.2. The van der Waals surface area contributed by atoms with E-state index >= 15 is 0 Å². The maximum absolute atomic E-state index is 14.5. The van der Waals surface area contributed by atoms with Crippen LogP contribution in [0.4, 0.5) is 10.1 Å². The zero-order valence-corrected chi connectivity index (χ0v) is 35.6. The van der Waals surface area contributed by atoms with E-state index in [-0.39, 0.29) is 37.2 Å². The molecule has 6 aromatic carbocycles. The standard InChI is InChI=1S/C50H44Cl2FN3O6/c1-3-43(34-7-5-4-6-8-34)56-28-37-27-46-44(55(2)49(58)47(62-46)35-16-20-39(21-17-35)61-29-31-11-22-40(51)41(52)23-31)25-36(37)26-45(56)48(57)54-42(50(59)60)24-30-9-12-32(13-10-30)33-14-18-38(53)19-15-33/h4-23,25,27,42-43,45,47H,3,24,26,28-29H2,1-2H3,(H,54,57)(H,59,60)/t42?,43-,45-,47-/m0/s1. The second kappa shape index (κ2) is 18.4. The molecule has 9 nitrogen and oxygen atoms in total. The molecule has 6 aromatic rings. The highest BCUT2D eigenvalue weighted by molar-refractivity contribution is 6.42. The Morgan fingerprint density at radius 2 is 1.53 bits per heavy atom. The lowest BCUT2D eigenvalue weighted by molar-refractivity contribution is -0.143. The number of carbonyl (C=O) groups excluding carboxylic acids is 2. The topological polar surface area (TPSA) is 108 Å². The molecule has 0 fully saturated rings. The largest absolute Gasteiger partial charge is 0.489 e. The highest BCUT2D eigenvalue weighted by atomic mass is 35.5. The van der Waals surface area contributed by atoms with Crippen LogP contribution < -0.4 is 19.7 Å². The van der Waals surface area contributed by atoms with E-state index in [9.17, 15) is 23.9 Å². The number of aliphatic carboxylic acids is 1. The summed E-state index contributed by atoms with van der Waals surface area (Å²) in [6, 6.07) is 37.8. The van der Waals surface area contributed by atoms with Crippen LogP contribution >= 0.6 is 23.2 Å². The zero-order chi connectivity index (χ0) is 43.5. The number of fused-ring (bicyclic) bond motifs is 2. The van der Waals surface area contributed by atoms with Gasteiger partial charge in [0.05, 0.1) is 21.8 Å². The molecule has 2 aliphatic heterocycles. The molecular weight excluding hydrogens is 828 g/mol. The number of carbonyl (C=O) groups is 3. The summed E-state index contributed by atoms with van der Waals surface area (Å²) < 4.78 is 25.9. The second-order valence-corrected chi connectivity index (χ2v) is 16.4. The van der Waals surface area contributed by atoms with Gasteiger partial charge in [-0.2, -0.15) is 0 Å². The van der Waals surface area contributed by atoms with Crippen LogP contribution in [-0.4, -0.2) is 46.9 Å². The first-order valence-electron chi connectivity index (χ1n) is 20.4. The molecular formula is C50H44Cl2FN3O6. The van der Waals surface area contributed by atoms with E-state index in [1.807, 2.05) is 84.9 Å². The number of ether oxygens (including phenoxy) is 2. The molecule has 2 heterocycles.